The highest BCUT2D eigenvalue weighted by atomic mass is 32.2. The molecule has 164 valence electrons. The molecule has 8 nitrogen and oxygen atoms in total. The molecule has 0 atom stereocenters. The third-order valence-electron chi connectivity index (χ3n) is 5.29. The van der Waals surface area contributed by atoms with Gasteiger partial charge in [0.25, 0.3) is 15.9 Å². The molecule has 0 saturated carbocycles. The number of carbonyl (C=O) groups is 1. The summed E-state index contributed by atoms with van der Waals surface area (Å²) in [7, 11) is -2.27. The lowest BCUT2D eigenvalue weighted by molar-refractivity contribution is 0.0993. The van der Waals surface area contributed by atoms with Crippen LogP contribution in [0.3, 0.4) is 0 Å². The molecule has 9 heteroatoms. The van der Waals surface area contributed by atoms with Crippen LogP contribution in [0.2, 0.25) is 0 Å². The van der Waals surface area contributed by atoms with Crippen LogP contribution in [-0.2, 0) is 10.0 Å². The number of carbonyl (C=O) groups excluding carboxylic acids is 1. The molecule has 0 aromatic heterocycles. The van der Waals surface area contributed by atoms with Gasteiger partial charge in [0.2, 0.25) is 0 Å². The molecule has 0 unspecified atom stereocenters. The van der Waals surface area contributed by atoms with E-state index in [-0.39, 0.29) is 22.1 Å². The summed E-state index contributed by atoms with van der Waals surface area (Å²) >= 11 is 0. The topological polar surface area (TPSA) is 94.2 Å². The highest BCUT2D eigenvalue weighted by molar-refractivity contribution is 7.92. The Balaban J connectivity index is 1.47. The van der Waals surface area contributed by atoms with E-state index in [9.17, 15) is 13.2 Å². The van der Waals surface area contributed by atoms with Crippen molar-refractivity contribution in [1.82, 2.24) is 0 Å². The molecule has 3 aromatic carbocycles. The number of sulfonamides is 1. The minimum atomic E-state index is -3.92. The number of aryl methyl sites for hydroxylation is 1. The number of nitrogens with zero attached hydrogens (tertiary/aromatic N) is 1. The molecule has 3 aromatic rings. The van der Waals surface area contributed by atoms with Gasteiger partial charge in [0.05, 0.1) is 16.1 Å². The molecule has 0 bridgehead atoms. The zero-order chi connectivity index (χ0) is 22.5. The summed E-state index contributed by atoms with van der Waals surface area (Å²) in [4.78, 5) is 14.6. The number of hydrogen-bond acceptors (Lipinski definition) is 6. The lowest BCUT2D eigenvalue weighted by Crippen LogP contribution is -2.25. The van der Waals surface area contributed by atoms with E-state index in [1.165, 1.54) is 23.1 Å². The highest BCUT2D eigenvalue weighted by Crippen LogP contribution is 2.40. The first kappa shape index (κ1) is 20.2. The van der Waals surface area contributed by atoms with Crippen LogP contribution in [0.1, 0.15) is 15.9 Å². The van der Waals surface area contributed by atoms with Crippen molar-refractivity contribution in [3.05, 3.63) is 65.7 Å². The Morgan fingerprint density at radius 1 is 0.875 bits per heavy atom. The molecule has 0 saturated heterocycles. The van der Waals surface area contributed by atoms with Gasteiger partial charge in [-0.25, -0.2) is 8.42 Å². The summed E-state index contributed by atoms with van der Waals surface area (Å²) < 4.78 is 45.3. The number of benzene rings is 3. The predicted molar refractivity (Wildman–Crippen MR) is 119 cm³/mol. The van der Waals surface area contributed by atoms with Crippen molar-refractivity contribution >= 4 is 27.3 Å². The Labute approximate surface area is 185 Å². The second-order valence-electron chi connectivity index (χ2n) is 7.56. The molecule has 5 rings (SSSR count). The average molecular weight is 452 g/mol. The van der Waals surface area contributed by atoms with E-state index in [1.54, 1.807) is 25.2 Å². The smallest absolute Gasteiger partial charge is 0.262 e. The van der Waals surface area contributed by atoms with Crippen LogP contribution in [0.5, 0.6) is 23.0 Å². The second kappa shape index (κ2) is 7.45. The lowest BCUT2D eigenvalue weighted by atomic mass is 10.1. The van der Waals surface area contributed by atoms with E-state index in [0.717, 1.165) is 5.56 Å². The van der Waals surface area contributed by atoms with Crippen molar-refractivity contribution < 1.29 is 27.4 Å². The van der Waals surface area contributed by atoms with Crippen molar-refractivity contribution in [2.24, 2.45) is 0 Å². The van der Waals surface area contributed by atoms with E-state index in [4.69, 9.17) is 14.2 Å². The zero-order valence-electron chi connectivity index (χ0n) is 17.4. The van der Waals surface area contributed by atoms with Crippen molar-refractivity contribution in [3.63, 3.8) is 0 Å². The first-order chi connectivity index (χ1) is 15.3. The van der Waals surface area contributed by atoms with Crippen LogP contribution in [0, 0.1) is 6.92 Å². The van der Waals surface area contributed by atoms with Crippen molar-refractivity contribution in [3.8, 4) is 23.0 Å². The van der Waals surface area contributed by atoms with Crippen LogP contribution in [0.25, 0.3) is 0 Å². The predicted octanol–water partition coefficient (Wildman–Crippen LogP) is 3.95. The number of ether oxygens (including phenoxy) is 3. The quantitative estimate of drug-likeness (QED) is 0.647. The van der Waals surface area contributed by atoms with Gasteiger partial charge < -0.3 is 19.1 Å². The van der Waals surface area contributed by atoms with Gasteiger partial charge >= 0.3 is 0 Å². The van der Waals surface area contributed by atoms with Gasteiger partial charge in [-0.15, -0.1) is 0 Å². The summed E-state index contributed by atoms with van der Waals surface area (Å²) in [6, 6.07) is 14.6. The van der Waals surface area contributed by atoms with E-state index in [1.807, 2.05) is 25.1 Å². The molecule has 1 N–H and O–H groups in total. The monoisotopic (exact) mass is 452 g/mol. The van der Waals surface area contributed by atoms with Gasteiger partial charge in [0, 0.05) is 18.8 Å². The molecule has 32 heavy (non-hydrogen) atoms. The van der Waals surface area contributed by atoms with E-state index in [0.29, 0.717) is 41.9 Å². The van der Waals surface area contributed by atoms with Gasteiger partial charge in [-0.2, -0.15) is 0 Å². The normalized spacial score (nSPS) is 14.7. The third-order valence-corrected chi connectivity index (χ3v) is 6.67. The minimum absolute atomic E-state index is 0.0271. The number of hydrogen-bond donors (Lipinski definition) is 1. The Hall–Kier alpha value is -3.72. The molecular formula is C23H20N2O6S. The first-order valence-corrected chi connectivity index (χ1v) is 11.4. The highest BCUT2D eigenvalue weighted by Gasteiger charge is 2.27. The van der Waals surface area contributed by atoms with Gasteiger partial charge in [0.15, 0.2) is 17.2 Å². The van der Waals surface area contributed by atoms with Crippen LogP contribution in [0.4, 0.5) is 11.4 Å². The van der Waals surface area contributed by atoms with Gasteiger partial charge in [-0.3, -0.25) is 9.52 Å². The molecule has 2 aliphatic rings. The number of amides is 1. The summed E-state index contributed by atoms with van der Waals surface area (Å²) in [6.07, 6.45) is 0. The van der Waals surface area contributed by atoms with Gasteiger partial charge in [0.1, 0.15) is 19.0 Å². The molecule has 0 aliphatic carbocycles. The zero-order valence-corrected chi connectivity index (χ0v) is 18.2. The van der Waals surface area contributed by atoms with E-state index < -0.39 is 10.0 Å². The standard InChI is InChI=1S/C23H20N2O6S/c1-14-3-6-20-18(11-14)25(2)23(26)17-12-15(4-7-19(17)31-20)24-32(27,28)16-5-8-21-22(13-16)30-10-9-29-21/h3-8,11-13,24H,9-10H2,1-2H3. The number of anilines is 2. The maximum absolute atomic E-state index is 13.1. The summed E-state index contributed by atoms with van der Waals surface area (Å²) in [6.45, 7) is 2.70. The van der Waals surface area contributed by atoms with Gasteiger partial charge in [-0.05, 0) is 55.0 Å². The fraction of sp³-hybridized carbons (Fsp3) is 0.174. The number of fused-ring (bicyclic) bond motifs is 3. The van der Waals surface area contributed by atoms with Gasteiger partial charge in [-0.1, -0.05) is 6.07 Å². The number of nitrogens with one attached hydrogen (secondary N) is 1. The molecule has 1 amide bonds. The fourth-order valence-corrected chi connectivity index (χ4v) is 4.70. The first-order valence-electron chi connectivity index (χ1n) is 9.95. The molecule has 0 fully saturated rings. The molecule has 0 radical (unpaired) electrons. The SMILES string of the molecule is Cc1ccc2c(c1)N(C)C(=O)c1cc(NS(=O)(=O)c3ccc4c(c3)OCCO4)ccc1O2. The average Bonchev–Trinajstić information content (AvgIpc) is 2.88. The fourth-order valence-electron chi connectivity index (χ4n) is 3.64. The van der Waals surface area contributed by atoms with Crippen LogP contribution < -0.4 is 23.8 Å². The number of rotatable bonds is 3. The molecule has 2 heterocycles. The molecule has 2 aliphatic heterocycles. The summed E-state index contributed by atoms with van der Waals surface area (Å²) in [5.74, 6) is 1.48. The lowest BCUT2D eigenvalue weighted by Gasteiger charge is -2.19. The van der Waals surface area contributed by atoms with Crippen molar-refractivity contribution in [2.45, 2.75) is 11.8 Å². The molecular weight excluding hydrogens is 432 g/mol. The van der Waals surface area contributed by atoms with Crippen LogP contribution in [-0.4, -0.2) is 34.6 Å². The van der Waals surface area contributed by atoms with Crippen LogP contribution >= 0.6 is 0 Å². The second-order valence-corrected chi connectivity index (χ2v) is 9.24. The molecule has 0 spiro atoms. The largest absolute Gasteiger partial charge is 0.486 e. The van der Waals surface area contributed by atoms with E-state index >= 15 is 0 Å². The third kappa shape index (κ3) is 3.50. The summed E-state index contributed by atoms with van der Waals surface area (Å²) in [5.41, 5.74) is 2.13. The maximum Gasteiger partial charge on any atom is 0.262 e. The van der Waals surface area contributed by atoms with E-state index in [2.05, 4.69) is 4.72 Å². The van der Waals surface area contributed by atoms with Crippen LogP contribution in [0.15, 0.2) is 59.5 Å². The Bertz CT molecular complexity index is 1350. The summed E-state index contributed by atoms with van der Waals surface area (Å²) in [5, 5.41) is 0. The Morgan fingerprint density at radius 2 is 1.59 bits per heavy atom. The van der Waals surface area contributed by atoms with Crippen molar-refractivity contribution in [1.29, 1.82) is 0 Å². The Kier molecular flexibility index (Phi) is 4.70. The van der Waals surface area contributed by atoms with Crippen molar-refractivity contribution in [2.75, 3.05) is 29.9 Å². The minimum Gasteiger partial charge on any atom is -0.486 e. The maximum atomic E-state index is 13.1. The Morgan fingerprint density at radius 3 is 2.41 bits per heavy atom.